The molecule has 0 saturated carbocycles. The fraction of sp³-hybridized carbons (Fsp3) is 0.833. The molecule has 0 aliphatic heterocycles. The first kappa shape index (κ1) is 16.4. The lowest BCUT2D eigenvalue weighted by Crippen LogP contribution is -2.48. The van der Waals surface area contributed by atoms with Gasteiger partial charge in [0, 0.05) is 0 Å². The van der Waals surface area contributed by atoms with E-state index in [2.05, 4.69) is 4.52 Å². The quantitative estimate of drug-likeness (QED) is 0.231. The van der Waals surface area contributed by atoms with Crippen LogP contribution in [0.1, 0.15) is 0 Å². The second kappa shape index (κ2) is 6.38. The summed E-state index contributed by atoms with van der Waals surface area (Å²) in [7, 11) is -4.86. The minimum Gasteiger partial charge on any atom is -0.479 e. The van der Waals surface area contributed by atoms with Gasteiger partial charge in [0.1, 0.15) is 18.3 Å². The van der Waals surface area contributed by atoms with Crippen molar-refractivity contribution >= 4 is 13.8 Å². The number of carbonyl (C=O) groups is 1. The molecule has 0 amide bonds. The largest absolute Gasteiger partial charge is 0.479 e. The molecule has 0 aliphatic carbocycles. The first-order valence-electron chi connectivity index (χ1n) is 4.21. The molecule has 0 aromatic heterocycles. The minimum atomic E-state index is -4.86. The number of carboxylic acids is 1. The standard InChI is InChI=1S/C6H13O10P/c7-2(1-16-17(13,14)15)3(8)4(9)5(10)6(11)12/h2-5,7-10H,1H2,(H,11,12)(H2,13,14,15)/t2-,3+,4-,5-/m0/s1. The highest BCUT2D eigenvalue weighted by Gasteiger charge is 2.35. The molecule has 102 valence electrons. The number of rotatable bonds is 7. The molecular formula is C6H13O10P. The number of hydrogen-bond acceptors (Lipinski definition) is 7. The molecule has 0 radical (unpaired) electrons. The lowest BCUT2D eigenvalue weighted by atomic mass is 10.0. The van der Waals surface area contributed by atoms with Crippen molar-refractivity contribution in [2.24, 2.45) is 0 Å². The molecule has 4 atom stereocenters. The zero-order chi connectivity index (χ0) is 13.8. The molecule has 0 fully saturated rings. The fourth-order valence-corrected chi connectivity index (χ4v) is 1.18. The molecule has 0 heterocycles. The van der Waals surface area contributed by atoms with Crippen LogP contribution in [-0.2, 0) is 13.9 Å². The van der Waals surface area contributed by atoms with Crippen LogP contribution >= 0.6 is 7.82 Å². The van der Waals surface area contributed by atoms with Crippen molar-refractivity contribution in [3.63, 3.8) is 0 Å². The highest BCUT2D eigenvalue weighted by atomic mass is 31.2. The SMILES string of the molecule is O=C(O)[C@@H](O)[C@@H](O)[C@H](O)[C@@H](O)COP(=O)(O)O. The van der Waals surface area contributed by atoms with Gasteiger partial charge < -0.3 is 35.3 Å². The van der Waals surface area contributed by atoms with E-state index >= 15 is 0 Å². The van der Waals surface area contributed by atoms with E-state index in [-0.39, 0.29) is 0 Å². The molecular weight excluding hydrogens is 263 g/mol. The molecule has 10 nitrogen and oxygen atoms in total. The van der Waals surface area contributed by atoms with Crippen molar-refractivity contribution in [1.82, 2.24) is 0 Å². The summed E-state index contributed by atoms with van der Waals surface area (Å²) >= 11 is 0. The van der Waals surface area contributed by atoms with Crippen LogP contribution in [0.5, 0.6) is 0 Å². The highest BCUT2D eigenvalue weighted by molar-refractivity contribution is 7.46. The summed E-state index contributed by atoms with van der Waals surface area (Å²) < 4.78 is 14.1. The topological polar surface area (TPSA) is 185 Å². The van der Waals surface area contributed by atoms with Gasteiger partial charge in [-0.25, -0.2) is 9.36 Å². The third-order valence-corrected chi connectivity index (χ3v) is 2.22. The predicted octanol–water partition coefficient (Wildman–Crippen LogP) is -3.38. The number of aliphatic carboxylic acids is 1. The maximum Gasteiger partial charge on any atom is 0.469 e. The zero-order valence-electron chi connectivity index (χ0n) is 8.32. The zero-order valence-corrected chi connectivity index (χ0v) is 9.21. The average molecular weight is 276 g/mol. The van der Waals surface area contributed by atoms with Crippen LogP contribution in [0.3, 0.4) is 0 Å². The van der Waals surface area contributed by atoms with Crippen LogP contribution in [0.4, 0.5) is 0 Å². The molecule has 7 N–H and O–H groups in total. The second-order valence-electron chi connectivity index (χ2n) is 3.12. The molecule has 0 aliphatic rings. The number of aliphatic hydroxyl groups excluding tert-OH is 4. The van der Waals surface area contributed by atoms with E-state index in [0.29, 0.717) is 0 Å². The van der Waals surface area contributed by atoms with Gasteiger partial charge in [-0.3, -0.25) is 4.52 Å². The van der Waals surface area contributed by atoms with Crippen molar-refractivity contribution in [2.45, 2.75) is 24.4 Å². The Balaban J connectivity index is 4.34. The van der Waals surface area contributed by atoms with E-state index in [1.54, 1.807) is 0 Å². The van der Waals surface area contributed by atoms with Crippen LogP contribution in [-0.4, -0.2) is 72.3 Å². The van der Waals surface area contributed by atoms with Crippen LogP contribution in [0.15, 0.2) is 0 Å². The Labute approximate surface area is 94.9 Å². The summed E-state index contributed by atoms with van der Waals surface area (Å²) in [5.74, 6) is -1.83. The van der Waals surface area contributed by atoms with Gasteiger partial charge in [-0.2, -0.15) is 0 Å². The van der Waals surface area contributed by atoms with E-state index in [9.17, 15) is 9.36 Å². The average Bonchev–Trinajstić information content (AvgIpc) is 2.21. The van der Waals surface area contributed by atoms with Gasteiger partial charge >= 0.3 is 13.8 Å². The maximum absolute atomic E-state index is 10.2. The minimum absolute atomic E-state index is 1.05. The monoisotopic (exact) mass is 276 g/mol. The summed E-state index contributed by atoms with van der Waals surface area (Å²) in [5, 5.41) is 44.4. The Morgan fingerprint density at radius 2 is 1.59 bits per heavy atom. The molecule has 0 aromatic carbocycles. The van der Waals surface area contributed by atoms with Gasteiger partial charge in [0.05, 0.1) is 6.61 Å². The van der Waals surface area contributed by atoms with E-state index < -0.39 is 44.8 Å². The molecule has 17 heavy (non-hydrogen) atoms. The summed E-state index contributed by atoms with van der Waals surface area (Å²) in [5.41, 5.74) is 0. The molecule has 0 aromatic rings. The van der Waals surface area contributed by atoms with Crippen LogP contribution < -0.4 is 0 Å². The smallest absolute Gasteiger partial charge is 0.469 e. The summed E-state index contributed by atoms with van der Waals surface area (Å²) in [6, 6.07) is 0. The van der Waals surface area contributed by atoms with Gasteiger partial charge in [0.25, 0.3) is 0 Å². The van der Waals surface area contributed by atoms with Crippen molar-refractivity contribution in [3.05, 3.63) is 0 Å². The van der Waals surface area contributed by atoms with E-state index in [0.717, 1.165) is 0 Å². The van der Waals surface area contributed by atoms with Crippen LogP contribution in [0, 0.1) is 0 Å². The van der Waals surface area contributed by atoms with Crippen LogP contribution in [0.2, 0.25) is 0 Å². The first-order chi connectivity index (χ1) is 7.56. The van der Waals surface area contributed by atoms with Gasteiger partial charge in [-0.15, -0.1) is 0 Å². The second-order valence-corrected chi connectivity index (χ2v) is 4.36. The summed E-state index contributed by atoms with van der Waals surface area (Å²) in [4.78, 5) is 26.8. The maximum atomic E-state index is 10.2. The molecule has 0 rings (SSSR count). The number of phosphoric ester groups is 1. The number of carboxylic acid groups (broad SMARTS) is 1. The van der Waals surface area contributed by atoms with Crippen molar-refractivity contribution in [3.8, 4) is 0 Å². The normalized spacial score (nSPS) is 19.4. The van der Waals surface area contributed by atoms with E-state index in [1.165, 1.54) is 0 Å². The van der Waals surface area contributed by atoms with Gasteiger partial charge in [-0.05, 0) is 0 Å². The Hall–Kier alpha value is -0.580. The van der Waals surface area contributed by atoms with Gasteiger partial charge in [0.2, 0.25) is 0 Å². The molecule has 0 unspecified atom stereocenters. The van der Waals surface area contributed by atoms with Gasteiger partial charge in [0.15, 0.2) is 6.10 Å². The van der Waals surface area contributed by atoms with Gasteiger partial charge in [-0.1, -0.05) is 0 Å². The first-order valence-corrected chi connectivity index (χ1v) is 5.74. The Morgan fingerprint density at radius 1 is 1.12 bits per heavy atom. The Bertz CT molecular complexity index is 299. The lowest BCUT2D eigenvalue weighted by molar-refractivity contribution is -0.164. The summed E-state index contributed by atoms with van der Waals surface area (Å²) in [6.07, 6.45) is -8.71. The van der Waals surface area contributed by atoms with Crippen molar-refractivity contribution < 1.29 is 49.2 Å². The van der Waals surface area contributed by atoms with E-state index in [1.807, 2.05) is 0 Å². The number of phosphoric acid groups is 1. The van der Waals surface area contributed by atoms with Crippen molar-refractivity contribution in [2.75, 3.05) is 6.61 Å². The Morgan fingerprint density at radius 3 is 1.94 bits per heavy atom. The Kier molecular flexibility index (Phi) is 6.16. The molecule has 11 heteroatoms. The van der Waals surface area contributed by atoms with Crippen molar-refractivity contribution in [1.29, 1.82) is 0 Å². The fourth-order valence-electron chi connectivity index (χ4n) is 0.833. The number of hydrogen-bond donors (Lipinski definition) is 7. The number of aliphatic hydroxyl groups is 4. The third-order valence-electron chi connectivity index (χ3n) is 1.73. The highest BCUT2D eigenvalue weighted by Crippen LogP contribution is 2.35. The molecule has 0 spiro atoms. The van der Waals surface area contributed by atoms with Crippen LogP contribution in [0.25, 0.3) is 0 Å². The molecule has 0 bridgehead atoms. The predicted molar refractivity (Wildman–Crippen MR) is 49.7 cm³/mol. The molecule has 0 saturated heterocycles. The van der Waals surface area contributed by atoms with E-state index in [4.69, 9.17) is 35.3 Å². The lowest BCUT2D eigenvalue weighted by Gasteiger charge is -2.24. The third kappa shape index (κ3) is 6.05. The summed E-state index contributed by atoms with van der Waals surface area (Å²) in [6.45, 7) is -1.05.